The summed E-state index contributed by atoms with van der Waals surface area (Å²) in [5, 5.41) is 0. The van der Waals surface area contributed by atoms with Crippen LogP contribution in [-0.4, -0.2) is 0 Å². The van der Waals surface area contributed by atoms with Crippen molar-refractivity contribution in [2.75, 3.05) is 0 Å². The topological polar surface area (TPSA) is 0 Å². The van der Waals surface area contributed by atoms with Gasteiger partial charge in [0.25, 0.3) is 0 Å². The van der Waals surface area contributed by atoms with Gasteiger partial charge in [0.15, 0.2) is 0 Å². The molecule has 0 spiro atoms. The highest BCUT2D eigenvalue weighted by atomic mass is 14.1. The number of unbranched alkanes of at least 4 members (excludes halogenated alkanes) is 1. The molecule has 77 valence electrons. The molecule has 0 heteroatoms. The molecule has 1 aromatic carbocycles. The van der Waals surface area contributed by atoms with Crippen LogP contribution in [0.1, 0.15) is 47.6 Å². The van der Waals surface area contributed by atoms with Gasteiger partial charge in [-0.2, -0.15) is 0 Å². The van der Waals surface area contributed by atoms with Crippen molar-refractivity contribution >= 4 is 0 Å². The van der Waals surface area contributed by atoms with Crippen LogP contribution >= 0.6 is 0 Å². The van der Waals surface area contributed by atoms with Gasteiger partial charge < -0.3 is 0 Å². The molecular formula is C14H21. The minimum Gasteiger partial charge on any atom is -0.0654 e. The lowest BCUT2D eigenvalue weighted by Crippen LogP contribution is -1.98. The second kappa shape index (κ2) is 4.63. The van der Waals surface area contributed by atoms with Crippen LogP contribution in [0.3, 0.4) is 0 Å². The van der Waals surface area contributed by atoms with Crippen molar-refractivity contribution in [3.05, 3.63) is 33.9 Å². The van der Waals surface area contributed by atoms with Gasteiger partial charge in [-0.3, -0.25) is 0 Å². The van der Waals surface area contributed by atoms with Gasteiger partial charge in [0.2, 0.25) is 0 Å². The summed E-state index contributed by atoms with van der Waals surface area (Å²) >= 11 is 0. The molecule has 1 radical (unpaired) electrons. The Morgan fingerprint density at radius 2 is 1.57 bits per heavy atom. The monoisotopic (exact) mass is 189 g/mol. The highest BCUT2D eigenvalue weighted by Gasteiger charge is 2.06. The van der Waals surface area contributed by atoms with Gasteiger partial charge in [0.1, 0.15) is 0 Å². The van der Waals surface area contributed by atoms with E-state index in [4.69, 9.17) is 0 Å². The van der Waals surface area contributed by atoms with Crippen LogP contribution in [0.25, 0.3) is 0 Å². The Morgan fingerprint density at radius 1 is 0.929 bits per heavy atom. The molecule has 1 aromatic rings. The van der Waals surface area contributed by atoms with E-state index >= 15 is 0 Å². The molecule has 14 heavy (non-hydrogen) atoms. The number of benzene rings is 1. The molecule has 0 atom stereocenters. The van der Waals surface area contributed by atoms with E-state index in [1.54, 1.807) is 0 Å². The molecule has 0 aromatic heterocycles. The van der Waals surface area contributed by atoms with Crippen LogP contribution in [0, 0.1) is 33.8 Å². The van der Waals surface area contributed by atoms with Crippen LogP contribution < -0.4 is 0 Å². The number of aryl methyl sites for hydroxylation is 2. The summed E-state index contributed by atoms with van der Waals surface area (Å²) in [5.41, 5.74) is 7.04. The minimum absolute atomic E-state index is 1.18. The van der Waals surface area contributed by atoms with E-state index in [0.29, 0.717) is 0 Å². The molecule has 0 N–H and O–H groups in total. The fourth-order valence-corrected chi connectivity index (χ4v) is 1.81. The fourth-order valence-electron chi connectivity index (χ4n) is 1.81. The summed E-state index contributed by atoms with van der Waals surface area (Å²) < 4.78 is 0. The summed E-state index contributed by atoms with van der Waals surface area (Å²) in [5.74, 6) is 0. The Balaban J connectivity index is 3.06. The molecular weight excluding hydrogens is 168 g/mol. The maximum Gasteiger partial charge on any atom is -0.0112 e. The molecule has 0 amide bonds. The predicted molar refractivity (Wildman–Crippen MR) is 62.8 cm³/mol. The zero-order chi connectivity index (χ0) is 10.7. The molecule has 0 aliphatic rings. The fraction of sp³-hybridized carbons (Fsp3) is 0.571. The van der Waals surface area contributed by atoms with Crippen molar-refractivity contribution in [3.63, 3.8) is 0 Å². The highest BCUT2D eigenvalue weighted by molar-refractivity contribution is 5.42. The van der Waals surface area contributed by atoms with Crippen molar-refractivity contribution in [2.45, 2.75) is 53.9 Å². The first-order chi connectivity index (χ1) is 6.57. The zero-order valence-electron chi connectivity index (χ0n) is 10.1. The third-order valence-electron chi connectivity index (χ3n) is 3.26. The first kappa shape index (κ1) is 11.3. The summed E-state index contributed by atoms with van der Waals surface area (Å²) in [6.07, 6.45) is 3.73. The van der Waals surface area contributed by atoms with Gasteiger partial charge >= 0.3 is 0 Å². The normalized spacial score (nSPS) is 10.6. The molecule has 0 aliphatic heterocycles. The van der Waals surface area contributed by atoms with E-state index < -0.39 is 0 Å². The maximum absolute atomic E-state index is 3.52. The van der Waals surface area contributed by atoms with Crippen LogP contribution in [0.2, 0.25) is 0 Å². The molecule has 0 saturated carbocycles. The lowest BCUT2D eigenvalue weighted by atomic mass is 9.92. The quantitative estimate of drug-likeness (QED) is 0.672. The van der Waals surface area contributed by atoms with Gasteiger partial charge in [-0.1, -0.05) is 13.3 Å². The highest BCUT2D eigenvalue weighted by Crippen LogP contribution is 2.21. The van der Waals surface area contributed by atoms with E-state index in [1.165, 1.54) is 47.1 Å². The molecule has 0 nitrogen and oxygen atoms in total. The van der Waals surface area contributed by atoms with Gasteiger partial charge in [-0.05, 0) is 74.4 Å². The molecule has 0 aliphatic carbocycles. The van der Waals surface area contributed by atoms with Crippen molar-refractivity contribution in [1.29, 1.82) is 0 Å². The molecule has 0 bridgehead atoms. The summed E-state index contributed by atoms with van der Waals surface area (Å²) in [4.78, 5) is 0. The van der Waals surface area contributed by atoms with Crippen molar-refractivity contribution < 1.29 is 0 Å². The van der Waals surface area contributed by atoms with Crippen molar-refractivity contribution in [1.82, 2.24) is 0 Å². The Labute approximate surface area is 88.4 Å². The SMILES string of the molecule is CCCCc1[c]c(C)c(C)c(C)c1C. The summed E-state index contributed by atoms with van der Waals surface area (Å²) in [6, 6.07) is 3.52. The van der Waals surface area contributed by atoms with E-state index in [9.17, 15) is 0 Å². The van der Waals surface area contributed by atoms with E-state index in [0.717, 1.165) is 0 Å². The third kappa shape index (κ3) is 2.17. The molecule has 0 heterocycles. The predicted octanol–water partition coefficient (Wildman–Crippen LogP) is 4.06. The first-order valence-corrected chi connectivity index (χ1v) is 5.56. The minimum atomic E-state index is 1.18. The molecule has 0 unspecified atom stereocenters. The average molecular weight is 189 g/mol. The Hall–Kier alpha value is -0.780. The number of hydrogen-bond donors (Lipinski definition) is 0. The smallest absolute Gasteiger partial charge is 0.0112 e. The van der Waals surface area contributed by atoms with Crippen LogP contribution in [0.4, 0.5) is 0 Å². The van der Waals surface area contributed by atoms with Crippen LogP contribution in [-0.2, 0) is 6.42 Å². The third-order valence-corrected chi connectivity index (χ3v) is 3.26. The second-order valence-electron chi connectivity index (χ2n) is 4.21. The van der Waals surface area contributed by atoms with Crippen molar-refractivity contribution in [3.8, 4) is 0 Å². The summed E-state index contributed by atoms with van der Waals surface area (Å²) in [7, 11) is 0. The van der Waals surface area contributed by atoms with Crippen molar-refractivity contribution in [2.24, 2.45) is 0 Å². The lowest BCUT2D eigenvalue weighted by Gasteiger charge is -2.13. The Morgan fingerprint density at radius 3 is 2.14 bits per heavy atom. The second-order valence-corrected chi connectivity index (χ2v) is 4.21. The van der Waals surface area contributed by atoms with Gasteiger partial charge in [0.05, 0.1) is 0 Å². The van der Waals surface area contributed by atoms with E-state index in [1.807, 2.05) is 0 Å². The van der Waals surface area contributed by atoms with Gasteiger partial charge in [0, 0.05) is 0 Å². The van der Waals surface area contributed by atoms with Gasteiger partial charge in [-0.15, -0.1) is 0 Å². The van der Waals surface area contributed by atoms with Crippen LogP contribution in [0.15, 0.2) is 0 Å². The number of rotatable bonds is 3. The van der Waals surface area contributed by atoms with Gasteiger partial charge in [-0.25, -0.2) is 0 Å². The maximum atomic E-state index is 3.52. The summed E-state index contributed by atoms with van der Waals surface area (Å²) in [6.45, 7) is 11.0. The van der Waals surface area contributed by atoms with E-state index in [2.05, 4.69) is 40.7 Å². The Bertz CT molecular complexity index is 321. The number of hydrogen-bond acceptors (Lipinski definition) is 0. The zero-order valence-corrected chi connectivity index (χ0v) is 10.1. The largest absolute Gasteiger partial charge is 0.0654 e. The Kier molecular flexibility index (Phi) is 3.74. The average Bonchev–Trinajstić information content (AvgIpc) is 2.18. The van der Waals surface area contributed by atoms with Crippen LogP contribution in [0.5, 0.6) is 0 Å². The standard InChI is InChI=1S/C14H21/c1-6-7-8-14-9-10(2)11(3)12(4)13(14)5/h6-8H2,1-5H3. The lowest BCUT2D eigenvalue weighted by molar-refractivity contribution is 0.788. The van der Waals surface area contributed by atoms with E-state index in [-0.39, 0.29) is 0 Å². The first-order valence-electron chi connectivity index (χ1n) is 5.56. The molecule has 1 rings (SSSR count). The molecule has 0 saturated heterocycles. The molecule has 0 fully saturated rings.